The predicted molar refractivity (Wildman–Crippen MR) is 63.7 cm³/mol. The zero-order valence-corrected chi connectivity index (χ0v) is 9.70. The molecule has 0 saturated carbocycles. The summed E-state index contributed by atoms with van der Waals surface area (Å²) in [5.74, 6) is -0.00108. The molecule has 0 amide bonds. The summed E-state index contributed by atoms with van der Waals surface area (Å²) < 4.78 is 13.4. The van der Waals surface area contributed by atoms with Gasteiger partial charge in [0.05, 0.1) is 6.10 Å². The highest BCUT2D eigenvalue weighted by Crippen LogP contribution is 2.21. The summed E-state index contributed by atoms with van der Waals surface area (Å²) in [4.78, 5) is 0. The van der Waals surface area contributed by atoms with Gasteiger partial charge in [0, 0.05) is 12.1 Å². The van der Waals surface area contributed by atoms with Crippen molar-refractivity contribution in [3.8, 4) is 0 Å². The van der Waals surface area contributed by atoms with Crippen molar-refractivity contribution in [3.63, 3.8) is 0 Å². The molecule has 0 heterocycles. The van der Waals surface area contributed by atoms with E-state index in [1.165, 1.54) is 12.1 Å². The fourth-order valence-corrected chi connectivity index (χ4v) is 1.69. The molecule has 0 radical (unpaired) electrons. The topological polar surface area (TPSA) is 66.5 Å². The lowest BCUT2D eigenvalue weighted by molar-refractivity contribution is 0.0171. The van der Waals surface area contributed by atoms with E-state index in [0.29, 0.717) is 23.3 Å². The molecule has 3 nitrogen and oxygen atoms in total. The van der Waals surface area contributed by atoms with Crippen LogP contribution in [-0.2, 0) is 6.54 Å². The van der Waals surface area contributed by atoms with Crippen LogP contribution >= 0.6 is 12.6 Å². The number of benzene rings is 1. The molecule has 4 N–H and O–H groups in total. The van der Waals surface area contributed by atoms with E-state index in [4.69, 9.17) is 5.73 Å². The Morgan fingerprint density at radius 3 is 2.56 bits per heavy atom. The van der Waals surface area contributed by atoms with Gasteiger partial charge in [-0.1, -0.05) is 12.1 Å². The smallest absolute Gasteiger partial charge is 0.128 e. The second-order valence-electron chi connectivity index (χ2n) is 3.58. The first-order valence-electron chi connectivity index (χ1n) is 5.05. The van der Waals surface area contributed by atoms with Crippen LogP contribution in [0.25, 0.3) is 0 Å². The maximum Gasteiger partial charge on any atom is 0.128 e. The van der Waals surface area contributed by atoms with E-state index in [1.807, 2.05) is 0 Å². The molecule has 0 aliphatic heterocycles. The minimum Gasteiger partial charge on any atom is -0.390 e. The third-order valence-electron chi connectivity index (χ3n) is 2.43. The molecule has 2 atom stereocenters. The molecular weight excluding hydrogens is 229 g/mol. The summed E-state index contributed by atoms with van der Waals surface area (Å²) in [6.45, 7) is 0.113. The standard InChI is InChI=1S/C11H16FNO2S/c12-9-5-7(1-2-8(9)6-13)11(15)10(14)3-4-16/h1-2,5,10-11,14-16H,3-4,6,13H2. The fourth-order valence-electron chi connectivity index (χ4n) is 1.43. The molecule has 1 rings (SSSR count). The number of halogens is 1. The van der Waals surface area contributed by atoms with Gasteiger partial charge in [0.2, 0.25) is 0 Å². The summed E-state index contributed by atoms with van der Waals surface area (Å²) in [6, 6.07) is 4.29. The Bertz CT molecular complexity index is 349. The Morgan fingerprint density at radius 1 is 1.38 bits per heavy atom. The monoisotopic (exact) mass is 245 g/mol. The first-order valence-corrected chi connectivity index (χ1v) is 5.68. The van der Waals surface area contributed by atoms with Crippen molar-refractivity contribution >= 4 is 12.6 Å². The molecule has 0 bridgehead atoms. The van der Waals surface area contributed by atoms with E-state index in [-0.39, 0.29) is 6.54 Å². The summed E-state index contributed by atoms with van der Waals surface area (Å²) >= 11 is 3.96. The van der Waals surface area contributed by atoms with Crippen LogP contribution in [0.15, 0.2) is 18.2 Å². The van der Waals surface area contributed by atoms with Crippen molar-refractivity contribution in [1.29, 1.82) is 0 Å². The van der Waals surface area contributed by atoms with Gasteiger partial charge in [-0.15, -0.1) is 0 Å². The summed E-state index contributed by atoms with van der Waals surface area (Å²) in [6.07, 6.45) is -1.67. The lowest BCUT2D eigenvalue weighted by Gasteiger charge is -2.17. The maximum absolute atomic E-state index is 13.4. The average Bonchev–Trinajstić information content (AvgIpc) is 2.28. The summed E-state index contributed by atoms with van der Waals surface area (Å²) in [7, 11) is 0. The van der Waals surface area contributed by atoms with Gasteiger partial charge in [-0.05, 0) is 23.8 Å². The van der Waals surface area contributed by atoms with E-state index in [2.05, 4.69) is 12.6 Å². The zero-order valence-electron chi connectivity index (χ0n) is 8.81. The van der Waals surface area contributed by atoms with Gasteiger partial charge in [0.1, 0.15) is 11.9 Å². The Kier molecular flexibility index (Phi) is 5.21. The summed E-state index contributed by atoms with van der Waals surface area (Å²) in [5.41, 5.74) is 6.06. The van der Waals surface area contributed by atoms with Gasteiger partial charge >= 0.3 is 0 Å². The van der Waals surface area contributed by atoms with Crippen LogP contribution in [0.4, 0.5) is 4.39 Å². The number of thiol groups is 1. The minimum absolute atomic E-state index is 0.113. The molecule has 0 aliphatic carbocycles. The molecule has 0 aromatic heterocycles. The normalized spacial score (nSPS) is 14.8. The van der Waals surface area contributed by atoms with E-state index in [1.54, 1.807) is 6.07 Å². The number of aliphatic hydroxyl groups is 2. The third-order valence-corrected chi connectivity index (χ3v) is 2.69. The van der Waals surface area contributed by atoms with Crippen LogP contribution in [0.5, 0.6) is 0 Å². The van der Waals surface area contributed by atoms with Crippen LogP contribution in [0, 0.1) is 5.82 Å². The molecule has 16 heavy (non-hydrogen) atoms. The Labute approximate surface area is 99.5 Å². The second-order valence-corrected chi connectivity index (χ2v) is 4.03. The maximum atomic E-state index is 13.4. The van der Waals surface area contributed by atoms with Gasteiger partial charge in [-0.3, -0.25) is 0 Å². The molecule has 0 aliphatic rings. The lowest BCUT2D eigenvalue weighted by Crippen LogP contribution is -2.19. The van der Waals surface area contributed by atoms with Gasteiger partial charge < -0.3 is 15.9 Å². The first kappa shape index (κ1) is 13.4. The highest BCUT2D eigenvalue weighted by atomic mass is 32.1. The largest absolute Gasteiger partial charge is 0.390 e. The van der Waals surface area contributed by atoms with Crippen LogP contribution in [-0.4, -0.2) is 22.1 Å². The van der Waals surface area contributed by atoms with Crippen molar-refractivity contribution in [2.75, 3.05) is 5.75 Å². The predicted octanol–water partition coefficient (Wildman–Crippen LogP) is 0.999. The number of hydrogen-bond donors (Lipinski definition) is 4. The number of hydrogen-bond acceptors (Lipinski definition) is 4. The zero-order chi connectivity index (χ0) is 12.1. The van der Waals surface area contributed by atoms with Gasteiger partial charge in [-0.25, -0.2) is 4.39 Å². The van der Waals surface area contributed by atoms with E-state index in [9.17, 15) is 14.6 Å². The Morgan fingerprint density at radius 2 is 2.06 bits per heavy atom. The van der Waals surface area contributed by atoms with Gasteiger partial charge in [0.25, 0.3) is 0 Å². The molecule has 1 aromatic carbocycles. The fraction of sp³-hybridized carbons (Fsp3) is 0.455. The van der Waals surface area contributed by atoms with Crippen LogP contribution in [0.1, 0.15) is 23.7 Å². The molecule has 2 unspecified atom stereocenters. The molecule has 5 heteroatoms. The molecule has 0 saturated heterocycles. The highest BCUT2D eigenvalue weighted by molar-refractivity contribution is 7.80. The van der Waals surface area contributed by atoms with Crippen LogP contribution in [0.3, 0.4) is 0 Å². The number of nitrogens with two attached hydrogens (primary N) is 1. The molecule has 0 spiro atoms. The number of aliphatic hydroxyl groups excluding tert-OH is 2. The Balaban J connectivity index is 2.84. The first-order chi connectivity index (χ1) is 7.60. The van der Waals surface area contributed by atoms with E-state index < -0.39 is 18.0 Å². The highest BCUT2D eigenvalue weighted by Gasteiger charge is 2.18. The van der Waals surface area contributed by atoms with Crippen molar-refractivity contribution in [2.24, 2.45) is 5.73 Å². The van der Waals surface area contributed by atoms with Gasteiger partial charge in [0.15, 0.2) is 0 Å². The van der Waals surface area contributed by atoms with Crippen LogP contribution < -0.4 is 5.73 Å². The van der Waals surface area contributed by atoms with Crippen molar-refractivity contribution in [3.05, 3.63) is 35.1 Å². The lowest BCUT2D eigenvalue weighted by atomic mass is 10.0. The van der Waals surface area contributed by atoms with Crippen molar-refractivity contribution in [1.82, 2.24) is 0 Å². The van der Waals surface area contributed by atoms with Crippen LogP contribution in [0.2, 0.25) is 0 Å². The molecular formula is C11H16FNO2S. The minimum atomic E-state index is -1.09. The van der Waals surface area contributed by atoms with E-state index >= 15 is 0 Å². The molecule has 0 fully saturated rings. The second kappa shape index (κ2) is 6.20. The van der Waals surface area contributed by atoms with Gasteiger partial charge in [-0.2, -0.15) is 12.6 Å². The summed E-state index contributed by atoms with van der Waals surface area (Å²) in [5, 5.41) is 19.3. The SMILES string of the molecule is NCc1ccc(C(O)C(O)CCS)cc1F. The molecule has 1 aromatic rings. The quantitative estimate of drug-likeness (QED) is 0.585. The van der Waals surface area contributed by atoms with E-state index in [0.717, 1.165) is 0 Å². The number of rotatable bonds is 5. The van der Waals surface area contributed by atoms with Crippen molar-refractivity contribution < 1.29 is 14.6 Å². The third kappa shape index (κ3) is 3.18. The Hall–Kier alpha value is -0.620. The van der Waals surface area contributed by atoms with Crippen molar-refractivity contribution in [2.45, 2.75) is 25.2 Å². The molecule has 90 valence electrons. The average molecular weight is 245 g/mol.